The Bertz CT molecular complexity index is 488. The van der Waals surface area contributed by atoms with Crippen molar-refractivity contribution in [3.05, 3.63) is 11.6 Å². The van der Waals surface area contributed by atoms with Gasteiger partial charge in [0.1, 0.15) is 5.92 Å². The van der Waals surface area contributed by atoms with E-state index in [9.17, 15) is 10.1 Å². The van der Waals surface area contributed by atoms with Crippen LogP contribution < -0.4 is 5.32 Å². The Morgan fingerprint density at radius 3 is 2.75 bits per heavy atom. The zero-order chi connectivity index (χ0) is 17.8. The number of allylic oxidation sites excluding steroid dienone is 1. The van der Waals surface area contributed by atoms with Crippen LogP contribution >= 0.6 is 0 Å². The van der Waals surface area contributed by atoms with Gasteiger partial charge in [-0.2, -0.15) is 5.26 Å². The summed E-state index contributed by atoms with van der Waals surface area (Å²) in [6.07, 6.45) is 10.5. The van der Waals surface area contributed by atoms with Crippen molar-refractivity contribution in [1.29, 1.82) is 5.26 Å². The molecule has 0 spiro atoms. The molecule has 0 bridgehead atoms. The maximum absolute atomic E-state index is 12.2. The molecule has 0 radical (unpaired) electrons. The van der Waals surface area contributed by atoms with Crippen LogP contribution in [0.4, 0.5) is 0 Å². The summed E-state index contributed by atoms with van der Waals surface area (Å²) in [5.74, 6) is -0.179. The SMILES string of the molecule is CCCCC(CC)CN=C1C=C(C(C#N)C(=O)NCCC)CCC1. The summed E-state index contributed by atoms with van der Waals surface area (Å²) in [6.45, 7) is 7.96. The Kier molecular flexibility index (Phi) is 10.1. The first-order valence-electron chi connectivity index (χ1n) is 9.57. The first kappa shape index (κ1) is 20.4. The molecular weight excluding hydrogens is 298 g/mol. The lowest BCUT2D eigenvalue weighted by Crippen LogP contribution is -2.32. The minimum atomic E-state index is -0.663. The molecule has 1 aliphatic carbocycles. The van der Waals surface area contributed by atoms with E-state index >= 15 is 0 Å². The van der Waals surface area contributed by atoms with Crippen LogP contribution in [0.1, 0.15) is 72.1 Å². The lowest BCUT2D eigenvalue weighted by molar-refractivity contribution is -0.122. The number of hydrogen-bond donors (Lipinski definition) is 1. The Labute approximate surface area is 147 Å². The maximum Gasteiger partial charge on any atom is 0.241 e. The van der Waals surface area contributed by atoms with Gasteiger partial charge >= 0.3 is 0 Å². The molecule has 0 aromatic rings. The van der Waals surface area contributed by atoms with Crippen molar-refractivity contribution >= 4 is 11.6 Å². The molecule has 2 atom stereocenters. The van der Waals surface area contributed by atoms with Crippen LogP contribution in [-0.4, -0.2) is 24.7 Å². The second-order valence-corrected chi connectivity index (χ2v) is 6.67. The second-order valence-electron chi connectivity index (χ2n) is 6.67. The third kappa shape index (κ3) is 6.86. The van der Waals surface area contributed by atoms with Gasteiger partial charge in [-0.05, 0) is 49.7 Å². The molecule has 1 N–H and O–H groups in total. The number of hydrogen-bond acceptors (Lipinski definition) is 3. The van der Waals surface area contributed by atoms with Gasteiger partial charge in [0.2, 0.25) is 5.91 Å². The van der Waals surface area contributed by atoms with Crippen molar-refractivity contribution in [2.24, 2.45) is 16.8 Å². The number of nitrogens with zero attached hydrogens (tertiary/aromatic N) is 2. The van der Waals surface area contributed by atoms with Gasteiger partial charge in [-0.15, -0.1) is 0 Å². The number of carbonyl (C=O) groups excluding carboxylic acids is 1. The predicted octanol–water partition coefficient (Wildman–Crippen LogP) is 4.42. The third-order valence-electron chi connectivity index (χ3n) is 4.66. The van der Waals surface area contributed by atoms with Gasteiger partial charge in [0, 0.05) is 18.8 Å². The van der Waals surface area contributed by atoms with E-state index in [0.29, 0.717) is 12.5 Å². The smallest absolute Gasteiger partial charge is 0.241 e. The van der Waals surface area contributed by atoms with Crippen LogP contribution in [0.2, 0.25) is 0 Å². The molecular formula is C20H33N3O. The van der Waals surface area contributed by atoms with Crippen LogP contribution in [0.15, 0.2) is 16.6 Å². The molecule has 0 aliphatic heterocycles. The number of nitrogens with one attached hydrogen (secondary N) is 1. The summed E-state index contributed by atoms with van der Waals surface area (Å²) in [5, 5.41) is 12.2. The van der Waals surface area contributed by atoms with Crippen molar-refractivity contribution in [3.63, 3.8) is 0 Å². The average molecular weight is 332 g/mol. The minimum absolute atomic E-state index is 0.166. The van der Waals surface area contributed by atoms with Crippen molar-refractivity contribution in [1.82, 2.24) is 5.32 Å². The highest BCUT2D eigenvalue weighted by Crippen LogP contribution is 2.24. The van der Waals surface area contributed by atoms with E-state index in [4.69, 9.17) is 4.99 Å². The van der Waals surface area contributed by atoms with Gasteiger partial charge in [0.15, 0.2) is 0 Å². The molecule has 0 fully saturated rings. The van der Waals surface area contributed by atoms with E-state index in [1.54, 1.807) is 0 Å². The van der Waals surface area contributed by atoms with Gasteiger partial charge in [-0.25, -0.2) is 0 Å². The average Bonchev–Trinajstić information content (AvgIpc) is 2.61. The van der Waals surface area contributed by atoms with Gasteiger partial charge in [0.05, 0.1) is 6.07 Å². The molecule has 24 heavy (non-hydrogen) atoms. The molecule has 0 saturated heterocycles. The van der Waals surface area contributed by atoms with Gasteiger partial charge in [0.25, 0.3) is 0 Å². The molecule has 2 unspecified atom stereocenters. The number of rotatable bonds is 10. The number of nitriles is 1. The first-order valence-corrected chi connectivity index (χ1v) is 9.57. The van der Waals surface area contributed by atoms with Crippen LogP contribution in [0.3, 0.4) is 0 Å². The molecule has 0 aromatic carbocycles. The maximum atomic E-state index is 12.2. The van der Waals surface area contributed by atoms with Crippen LogP contribution in [0.5, 0.6) is 0 Å². The summed E-state index contributed by atoms with van der Waals surface area (Å²) < 4.78 is 0. The molecule has 0 aromatic heterocycles. The van der Waals surface area contributed by atoms with Crippen LogP contribution in [-0.2, 0) is 4.79 Å². The zero-order valence-corrected chi connectivity index (χ0v) is 15.6. The van der Waals surface area contributed by atoms with Crippen molar-refractivity contribution < 1.29 is 4.79 Å². The van der Waals surface area contributed by atoms with Gasteiger partial charge in [-0.3, -0.25) is 9.79 Å². The fourth-order valence-corrected chi connectivity index (χ4v) is 3.01. The number of amides is 1. The molecule has 4 nitrogen and oxygen atoms in total. The number of unbranched alkanes of at least 4 members (excludes halogenated alkanes) is 1. The Morgan fingerprint density at radius 1 is 1.33 bits per heavy atom. The molecule has 0 heterocycles. The number of carbonyl (C=O) groups is 1. The number of aliphatic imine (C=N–C) groups is 1. The third-order valence-corrected chi connectivity index (χ3v) is 4.66. The molecule has 0 saturated carbocycles. The summed E-state index contributed by atoms with van der Waals surface area (Å²) in [4.78, 5) is 17.0. The van der Waals surface area contributed by atoms with E-state index in [1.807, 2.05) is 13.0 Å². The quantitative estimate of drug-likeness (QED) is 0.644. The highest BCUT2D eigenvalue weighted by atomic mass is 16.1. The van der Waals surface area contributed by atoms with Crippen LogP contribution in [0, 0.1) is 23.2 Å². The minimum Gasteiger partial charge on any atom is -0.355 e. The van der Waals surface area contributed by atoms with Crippen molar-refractivity contribution in [2.45, 2.75) is 72.1 Å². The highest BCUT2D eigenvalue weighted by molar-refractivity contribution is 5.98. The molecule has 1 amide bonds. The Balaban J connectivity index is 2.73. The normalized spacial score (nSPS) is 18.6. The first-order chi connectivity index (χ1) is 11.7. The fraction of sp³-hybridized carbons (Fsp3) is 0.750. The zero-order valence-electron chi connectivity index (χ0n) is 15.6. The summed E-state index contributed by atoms with van der Waals surface area (Å²) >= 11 is 0. The van der Waals surface area contributed by atoms with Crippen molar-refractivity contribution in [3.8, 4) is 6.07 Å². The molecule has 1 aliphatic rings. The monoisotopic (exact) mass is 331 g/mol. The largest absolute Gasteiger partial charge is 0.355 e. The standard InChI is InChI=1S/C20H33N3O/c1-4-7-9-16(6-3)15-23-18-11-8-10-17(13-18)19(14-21)20(24)22-12-5-2/h13,16,19H,4-12,15H2,1-3H3,(H,22,24). The summed E-state index contributed by atoms with van der Waals surface area (Å²) in [6, 6.07) is 2.17. The lowest BCUT2D eigenvalue weighted by Gasteiger charge is -2.19. The van der Waals surface area contributed by atoms with E-state index in [2.05, 4.69) is 25.2 Å². The molecule has 4 heteroatoms. The van der Waals surface area contributed by atoms with Gasteiger partial charge in [-0.1, -0.05) is 40.0 Å². The Hall–Kier alpha value is -1.63. The topological polar surface area (TPSA) is 65.2 Å². The van der Waals surface area contributed by atoms with E-state index in [1.165, 1.54) is 19.3 Å². The van der Waals surface area contributed by atoms with Gasteiger partial charge < -0.3 is 5.32 Å². The fourth-order valence-electron chi connectivity index (χ4n) is 3.01. The Morgan fingerprint density at radius 2 is 2.12 bits per heavy atom. The summed E-state index contributed by atoms with van der Waals surface area (Å²) in [7, 11) is 0. The molecule has 134 valence electrons. The predicted molar refractivity (Wildman–Crippen MR) is 99.9 cm³/mol. The van der Waals surface area contributed by atoms with E-state index in [0.717, 1.165) is 49.9 Å². The second kappa shape index (κ2) is 11.8. The summed E-state index contributed by atoms with van der Waals surface area (Å²) in [5.41, 5.74) is 1.99. The van der Waals surface area contributed by atoms with E-state index < -0.39 is 5.92 Å². The lowest BCUT2D eigenvalue weighted by atomic mass is 9.88. The molecule has 1 rings (SSSR count). The van der Waals surface area contributed by atoms with Crippen molar-refractivity contribution in [2.75, 3.05) is 13.1 Å². The van der Waals surface area contributed by atoms with Crippen LogP contribution in [0.25, 0.3) is 0 Å². The van der Waals surface area contributed by atoms with E-state index in [-0.39, 0.29) is 5.91 Å². The highest BCUT2D eigenvalue weighted by Gasteiger charge is 2.24.